The summed E-state index contributed by atoms with van der Waals surface area (Å²) in [5.74, 6) is -0.125. The quantitative estimate of drug-likeness (QED) is 0.146. The number of anilines is 1. The molecule has 1 aromatic carbocycles. The molecule has 2 aliphatic heterocycles. The van der Waals surface area contributed by atoms with Gasteiger partial charge in [0.2, 0.25) is 5.91 Å². The van der Waals surface area contributed by atoms with Crippen LogP contribution in [0.2, 0.25) is 0 Å². The Balaban J connectivity index is 1.21. The lowest BCUT2D eigenvalue weighted by Gasteiger charge is -2.18. The molecule has 1 saturated heterocycles. The third-order valence-electron chi connectivity index (χ3n) is 7.96. The third kappa shape index (κ3) is 5.66. The molecule has 0 saturated carbocycles. The molecule has 1 fully saturated rings. The summed E-state index contributed by atoms with van der Waals surface area (Å²) >= 11 is 0. The number of benzene rings is 1. The van der Waals surface area contributed by atoms with Crippen LogP contribution >= 0.6 is 10.2 Å². The molecule has 4 aromatic heterocycles. The Bertz CT molecular complexity index is 2160. The van der Waals surface area contributed by atoms with Crippen LogP contribution in [0.15, 0.2) is 66.3 Å². The maximum absolute atomic E-state index is 14.8. The summed E-state index contributed by atoms with van der Waals surface area (Å²) < 4.78 is 17.8. The molecule has 0 unspecified atom stereocenters. The molecule has 1 amide bonds. The summed E-state index contributed by atoms with van der Waals surface area (Å²) in [6.07, 6.45) is 8.27. The fourth-order valence-corrected chi connectivity index (χ4v) is 6.75. The summed E-state index contributed by atoms with van der Waals surface area (Å²) in [6.45, 7) is 6.16. The SMILES string of the molecule is CC(C)(C)C(=O)Nc1cncc(-c2cc3c(cn2)CNN=C3c2nc3c(-c4cc(F)cc(CNS5(C)C(=O)C5=O)c4)nccc3[nH]2)c1. The van der Waals surface area contributed by atoms with Crippen molar-refractivity contribution < 1.29 is 18.8 Å². The summed E-state index contributed by atoms with van der Waals surface area (Å²) in [5, 5.41) is 6.70. The van der Waals surface area contributed by atoms with Crippen molar-refractivity contribution in [2.24, 2.45) is 10.5 Å². The number of rotatable bonds is 7. The summed E-state index contributed by atoms with van der Waals surface area (Å²) in [4.78, 5) is 57.7. The van der Waals surface area contributed by atoms with Crippen LogP contribution in [0, 0.1) is 11.2 Å². The van der Waals surface area contributed by atoms with Gasteiger partial charge in [-0.1, -0.05) is 31.0 Å². The van der Waals surface area contributed by atoms with E-state index >= 15 is 0 Å². The molecule has 238 valence electrons. The molecule has 0 bridgehead atoms. The summed E-state index contributed by atoms with van der Waals surface area (Å²) in [6, 6.07) is 10.0. The lowest BCUT2D eigenvalue weighted by Crippen LogP contribution is -2.27. The third-order valence-corrected chi connectivity index (χ3v) is 10.3. The predicted octanol–water partition coefficient (Wildman–Crippen LogP) is 4.57. The summed E-state index contributed by atoms with van der Waals surface area (Å²) in [7, 11) is -2.15. The zero-order valence-corrected chi connectivity index (χ0v) is 26.8. The Kier molecular flexibility index (Phi) is 7.21. The standard InChI is InChI=1S/C33H30FN9O3S/c1-33(2,3)32(46)40-22-10-19(13-35-16-22)25-11-23-20(14-37-25)15-38-43-27(23)29-41-24-5-6-36-26(28(24)42-29)18-7-17(8-21(34)9-18)12-39-47(4)30(44)31(47)45/h5-11,13-14,16,38-39H,12,15H2,1-4H3,(H,40,46)(H,41,42). The average Bonchev–Trinajstić information content (AvgIpc) is 3.34. The molecule has 47 heavy (non-hydrogen) atoms. The molecule has 2 aliphatic rings. The van der Waals surface area contributed by atoms with E-state index in [4.69, 9.17) is 4.98 Å². The van der Waals surface area contributed by atoms with Crippen molar-refractivity contribution in [3.63, 3.8) is 0 Å². The van der Waals surface area contributed by atoms with Crippen molar-refractivity contribution in [3.8, 4) is 22.5 Å². The van der Waals surface area contributed by atoms with E-state index in [1.165, 1.54) is 12.1 Å². The number of nitrogens with one attached hydrogen (secondary N) is 4. The zero-order valence-electron chi connectivity index (χ0n) is 25.9. The topological polar surface area (TPSA) is 167 Å². The Morgan fingerprint density at radius 1 is 1.02 bits per heavy atom. The molecule has 6 heterocycles. The van der Waals surface area contributed by atoms with E-state index in [1.54, 1.807) is 43.2 Å². The van der Waals surface area contributed by atoms with Crippen LogP contribution in [-0.2, 0) is 27.5 Å². The first-order valence-corrected chi connectivity index (χ1v) is 16.8. The number of hydrogen-bond donors (Lipinski definition) is 4. The predicted molar refractivity (Wildman–Crippen MR) is 178 cm³/mol. The minimum atomic E-state index is -2.15. The van der Waals surface area contributed by atoms with Gasteiger partial charge in [0, 0.05) is 52.8 Å². The number of H-pyrrole nitrogens is 1. The molecule has 0 atom stereocenters. The van der Waals surface area contributed by atoms with Gasteiger partial charge in [0.05, 0.1) is 35.3 Å². The number of carbonyl (C=O) groups is 3. The fourth-order valence-electron chi connectivity index (χ4n) is 5.17. The number of imidazole rings is 1. The highest BCUT2D eigenvalue weighted by Crippen LogP contribution is 2.57. The Morgan fingerprint density at radius 2 is 1.83 bits per heavy atom. The van der Waals surface area contributed by atoms with Gasteiger partial charge in [0.25, 0.3) is 10.2 Å². The van der Waals surface area contributed by atoms with Crippen molar-refractivity contribution in [2.75, 3.05) is 11.6 Å². The van der Waals surface area contributed by atoms with Gasteiger partial charge in [-0.05, 0) is 48.2 Å². The molecular formula is C33H30FN9O3S. The van der Waals surface area contributed by atoms with E-state index in [1.807, 2.05) is 32.9 Å². The molecule has 0 radical (unpaired) electrons. The van der Waals surface area contributed by atoms with Crippen molar-refractivity contribution in [3.05, 3.63) is 89.5 Å². The number of carbonyl (C=O) groups excluding carboxylic acids is 3. The number of aromatic amines is 1. The second-order valence-corrected chi connectivity index (χ2v) is 15.4. The first kappa shape index (κ1) is 30.3. The molecule has 7 rings (SSSR count). The van der Waals surface area contributed by atoms with Gasteiger partial charge in [0.1, 0.15) is 17.0 Å². The number of pyridine rings is 3. The number of hydrogen-bond acceptors (Lipinski definition) is 10. The molecule has 5 aromatic rings. The van der Waals surface area contributed by atoms with Gasteiger partial charge in [-0.25, -0.2) is 9.37 Å². The number of hydrazone groups is 1. The highest BCUT2D eigenvalue weighted by atomic mass is 32.3. The minimum absolute atomic E-state index is 0.123. The highest BCUT2D eigenvalue weighted by Gasteiger charge is 2.56. The van der Waals surface area contributed by atoms with Crippen molar-refractivity contribution in [1.29, 1.82) is 0 Å². The Hall–Kier alpha value is -5.34. The average molecular weight is 652 g/mol. The van der Waals surface area contributed by atoms with Gasteiger partial charge in [-0.3, -0.25) is 34.1 Å². The van der Waals surface area contributed by atoms with Gasteiger partial charge < -0.3 is 15.7 Å². The molecule has 0 spiro atoms. The lowest BCUT2D eigenvalue weighted by atomic mass is 9.95. The first-order valence-electron chi connectivity index (χ1n) is 14.7. The first-order chi connectivity index (χ1) is 22.4. The van der Waals surface area contributed by atoms with Crippen LogP contribution in [0.4, 0.5) is 10.1 Å². The molecule has 0 aliphatic carbocycles. The van der Waals surface area contributed by atoms with E-state index in [9.17, 15) is 18.8 Å². The number of fused-ring (bicyclic) bond motifs is 2. The molecule has 12 nitrogen and oxygen atoms in total. The van der Waals surface area contributed by atoms with E-state index in [0.717, 1.165) is 16.7 Å². The van der Waals surface area contributed by atoms with Crippen LogP contribution in [0.1, 0.15) is 43.3 Å². The van der Waals surface area contributed by atoms with Crippen LogP contribution in [0.3, 0.4) is 0 Å². The number of aromatic nitrogens is 5. The fraction of sp³-hybridized carbons (Fsp3) is 0.212. The maximum atomic E-state index is 14.8. The van der Waals surface area contributed by atoms with Crippen LogP contribution in [0.5, 0.6) is 0 Å². The monoisotopic (exact) mass is 651 g/mol. The van der Waals surface area contributed by atoms with E-state index in [0.29, 0.717) is 57.3 Å². The van der Waals surface area contributed by atoms with Crippen LogP contribution < -0.4 is 15.5 Å². The smallest absolute Gasteiger partial charge is 0.268 e. The molecular weight excluding hydrogens is 621 g/mol. The molecule has 14 heteroatoms. The van der Waals surface area contributed by atoms with Crippen LogP contribution in [-0.4, -0.2) is 53.0 Å². The van der Waals surface area contributed by atoms with Gasteiger partial charge in [-0.15, -0.1) is 0 Å². The van der Waals surface area contributed by atoms with Crippen molar-refractivity contribution in [1.82, 2.24) is 35.1 Å². The van der Waals surface area contributed by atoms with Gasteiger partial charge in [-0.2, -0.15) is 5.10 Å². The van der Waals surface area contributed by atoms with Gasteiger partial charge in [0.15, 0.2) is 5.82 Å². The zero-order chi connectivity index (χ0) is 33.1. The van der Waals surface area contributed by atoms with Crippen molar-refractivity contribution in [2.45, 2.75) is 33.9 Å². The van der Waals surface area contributed by atoms with E-state index in [2.05, 4.69) is 40.5 Å². The second kappa shape index (κ2) is 11.2. The van der Waals surface area contributed by atoms with E-state index < -0.39 is 31.7 Å². The number of nitrogens with zero attached hydrogens (tertiary/aromatic N) is 5. The summed E-state index contributed by atoms with van der Waals surface area (Å²) in [5.41, 5.74) is 9.42. The largest absolute Gasteiger partial charge is 0.336 e. The maximum Gasteiger partial charge on any atom is 0.268 e. The van der Waals surface area contributed by atoms with Crippen LogP contribution in [0.25, 0.3) is 33.5 Å². The van der Waals surface area contributed by atoms with Crippen molar-refractivity contribution >= 4 is 48.8 Å². The normalized spacial score (nSPS) is 15.9. The highest BCUT2D eigenvalue weighted by molar-refractivity contribution is 8.68. The second-order valence-electron chi connectivity index (χ2n) is 12.5. The van der Waals surface area contributed by atoms with E-state index in [-0.39, 0.29) is 12.5 Å². The Labute approximate surface area is 270 Å². The number of amides is 1. The lowest BCUT2D eigenvalue weighted by molar-refractivity contribution is -0.123. The van der Waals surface area contributed by atoms with Gasteiger partial charge >= 0.3 is 0 Å². The Morgan fingerprint density at radius 3 is 2.60 bits per heavy atom. The molecule has 4 N–H and O–H groups in total. The number of halogens is 1. The minimum Gasteiger partial charge on any atom is -0.336 e.